The van der Waals surface area contributed by atoms with Crippen molar-refractivity contribution in [2.75, 3.05) is 23.1 Å². The zero-order valence-corrected chi connectivity index (χ0v) is 22.9. The standard InChI is InChI=1S/C26H28ClN3O5S2/c1-18-6-7-19(2)25(16-18)29-36(32,33)21-10-8-20(9-11-21)28-26(31)23-17-22(12-13-24(23)27)37(34,35)30-14-4-3-5-15-30/h6-13,16-17,29H,3-5,14-15H2,1-2H3,(H,28,31). The average Bonchev–Trinajstić information content (AvgIpc) is 2.87. The number of piperidine rings is 1. The second-order valence-electron chi connectivity index (χ2n) is 9.01. The lowest BCUT2D eigenvalue weighted by atomic mass is 10.1. The number of anilines is 2. The summed E-state index contributed by atoms with van der Waals surface area (Å²) >= 11 is 6.22. The number of rotatable bonds is 7. The highest BCUT2D eigenvalue weighted by Crippen LogP contribution is 2.27. The Hall–Kier alpha value is -2.92. The van der Waals surface area contributed by atoms with Gasteiger partial charge in [0.2, 0.25) is 10.0 Å². The number of carbonyl (C=O) groups excluding carboxylic acids is 1. The zero-order valence-electron chi connectivity index (χ0n) is 20.5. The van der Waals surface area contributed by atoms with Gasteiger partial charge in [0.15, 0.2) is 0 Å². The molecule has 11 heteroatoms. The molecule has 3 aromatic rings. The van der Waals surface area contributed by atoms with Crippen LogP contribution in [0.1, 0.15) is 40.7 Å². The van der Waals surface area contributed by atoms with Crippen molar-refractivity contribution in [1.82, 2.24) is 4.31 Å². The number of hydrogen-bond acceptors (Lipinski definition) is 5. The Morgan fingerprint density at radius 1 is 0.838 bits per heavy atom. The maximum absolute atomic E-state index is 13.0. The molecule has 37 heavy (non-hydrogen) atoms. The monoisotopic (exact) mass is 561 g/mol. The predicted octanol–water partition coefficient (Wildman–Crippen LogP) is 5.18. The second kappa shape index (κ2) is 10.8. The number of sulfonamides is 2. The molecule has 4 rings (SSSR count). The van der Waals surface area contributed by atoms with Gasteiger partial charge in [-0.25, -0.2) is 16.8 Å². The van der Waals surface area contributed by atoms with Crippen LogP contribution in [0.2, 0.25) is 5.02 Å². The lowest BCUT2D eigenvalue weighted by Crippen LogP contribution is -2.35. The van der Waals surface area contributed by atoms with Gasteiger partial charge in [-0.1, -0.05) is 30.2 Å². The Bertz CT molecular complexity index is 1530. The quantitative estimate of drug-likeness (QED) is 0.412. The van der Waals surface area contributed by atoms with Crippen molar-refractivity contribution < 1.29 is 21.6 Å². The summed E-state index contributed by atoms with van der Waals surface area (Å²) in [6.07, 6.45) is 2.58. The molecule has 0 radical (unpaired) electrons. The number of nitrogens with one attached hydrogen (secondary N) is 2. The van der Waals surface area contributed by atoms with Gasteiger partial charge >= 0.3 is 0 Å². The molecule has 0 atom stereocenters. The first-order valence-electron chi connectivity index (χ1n) is 11.8. The molecule has 1 amide bonds. The molecule has 0 aliphatic carbocycles. The van der Waals surface area contributed by atoms with Crippen LogP contribution in [0.15, 0.2) is 70.5 Å². The predicted molar refractivity (Wildman–Crippen MR) is 145 cm³/mol. The smallest absolute Gasteiger partial charge is 0.261 e. The van der Waals surface area contributed by atoms with Crippen molar-refractivity contribution in [1.29, 1.82) is 0 Å². The molecule has 1 aliphatic heterocycles. The Kier molecular flexibility index (Phi) is 7.94. The van der Waals surface area contributed by atoms with E-state index in [1.807, 2.05) is 26.0 Å². The van der Waals surface area contributed by atoms with Gasteiger partial charge in [0.1, 0.15) is 0 Å². The summed E-state index contributed by atoms with van der Waals surface area (Å²) in [5, 5.41) is 2.76. The Balaban J connectivity index is 1.51. The molecule has 0 unspecified atom stereocenters. The molecular weight excluding hydrogens is 534 g/mol. The molecule has 0 bridgehead atoms. The summed E-state index contributed by atoms with van der Waals surface area (Å²) in [6, 6.07) is 15.2. The number of nitrogens with zero attached hydrogens (tertiary/aromatic N) is 1. The van der Waals surface area contributed by atoms with Crippen LogP contribution < -0.4 is 10.0 Å². The van der Waals surface area contributed by atoms with Gasteiger partial charge in [-0.2, -0.15) is 4.31 Å². The molecular formula is C26H28ClN3O5S2. The van der Waals surface area contributed by atoms with Crippen molar-refractivity contribution in [3.05, 3.63) is 82.4 Å². The molecule has 3 aromatic carbocycles. The summed E-state index contributed by atoms with van der Waals surface area (Å²) in [5.74, 6) is -0.607. The van der Waals surface area contributed by atoms with E-state index >= 15 is 0 Å². The van der Waals surface area contributed by atoms with E-state index in [1.54, 1.807) is 6.07 Å². The van der Waals surface area contributed by atoms with E-state index in [1.165, 1.54) is 46.8 Å². The molecule has 0 spiro atoms. The first kappa shape index (κ1) is 27.1. The molecule has 0 saturated carbocycles. The third-order valence-corrected chi connectivity index (χ3v) is 9.80. The van der Waals surface area contributed by atoms with Crippen LogP contribution in [0, 0.1) is 13.8 Å². The highest BCUT2D eigenvalue weighted by atomic mass is 35.5. The van der Waals surface area contributed by atoms with E-state index in [9.17, 15) is 21.6 Å². The van der Waals surface area contributed by atoms with Gasteiger partial charge in [-0.15, -0.1) is 0 Å². The summed E-state index contributed by atoms with van der Waals surface area (Å²) in [4.78, 5) is 13.0. The number of amides is 1. The fourth-order valence-electron chi connectivity index (χ4n) is 4.06. The first-order valence-corrected chi connectivity index (χ1v) is 15.1. The van der Waals surface area contributed by atoms with E-state index in [-0.39, 0.29) is 20.4 Å². The maximum Gasteiger partial charge on any atom is 0.261 e. The van der Waals surface area contributed by atoms with Gasteiger partial charge in [-0.3, -0.25) is 9.52 Å². The van der Waals surface area contributed by atoms with Crippen molar-refractivity contribution in [3.63, 3.8) is 0 Å². The Labute approximate surface area is 222 Å². The third kappa shape index (κ3) is 6.15. The molecule has 1 fully saturated rings. The molecule has 1 saturated heterocycles. The Morgan fingerprint density at radius 2 is 1.49 bits per heavy atom. The normalized spacial score (nSPS) is 14.8. The van der Waals surface area contributed by atoms with Crippen LogP contribution in [-0.2, 0) is 20.0 Å². The van der Waals surface area contributed by atoms with Crippen molar-refractivity contribution in [2.45, 2.75) is 42.9 Å². The molecule has 1 aliphatic rings. The van der Waals surface area contributed by atoms with Crippen LogP contribution in [-0.4, -0.2) is 40.1 Å². The van der Waals surface area contributed by atoms with Crippen LogP contribution in [0.4, 0.5) is 11.4 Å². The van der Waals surface area contributed by atoms with Crippen molar-refractivity contribution in [3.8, 4) is 0 Å². The average molecular weight is 562 g/mol. The van der Waals surface area contributed by atoms with Crippen LogP contribution >= 0.6 is 11.6 Å². The fourth-order valence-corrected chi connectivity index (χ4v) is 6.93. The van der Waals surface area contributed by atoms with E-state index < -0.39 is 26.0 Å². The number of benzene rings is 3. The minimum absolute atomic E-state index is 0.00269. The van der Waals surface area contributed by atoms with Gasteiger partial charge in [-0.05, 0) is 86.3 Å². The van der Waals surface area contributed by atoms with E-state index in [4.69, 9.17) is 11.6 Å². The highest BCUT2D eigenvalue weighted by molar-refractivity contribution is 7.92. The Morgan fingerprint density at radius 3 is 2.16 bits per heavy atom. The minimum Gasteiger partial charge on any atom is -0.322 e. The fraction of sp³-hybridized carbons (Fsp3) is 0.269. The van der Waals surface area contributed by atoms with E-state index in [2.05, 4.69) is 10.0 Å². The third-order valence-electron chi connectivity index (χ3n) is 6.20. The minimum atomic E-state index is -3.84. The SMILES string of the molecule is Cc1ccc(C)c(NS(=O)(=O)c2ccc(NC(=O)c3cc(S(=O)(=O)N4CCCCC4)ccc3Cl)cc2)c1. The van der Waals surface area contributed by atoms with Gasteiger partial charge in [0, 0.05) is 18.8 Å². The summed E-state index contributed by atoms with van der Waals surface area (Å²) < 4.78 is 55.8. The summed E-state index contributed by atoms with van der Waals surface area (Å²) in [7, 11) is -7.58. The van der Waals surface area contributed by atoms with Crippen LogP contribution in [0.5, 0.6) is 0 Å². The summed E-state index contributed by atoms with van der Waals surface area (Å²) in [6.45, 7) is 4.58. The van der Waals surface area contributed by atoms with E-state index in [0.717, 1.165) is 30.4 Å². The number of hydrogen-bond donors (Lipinski definition) is 2. The largest absolute Gasteiger partial charge is 0.322 e. The molecule has 1 heterocycles. The van der Waals surface area contributed by atoms with Crippen LogP contribution in [0.3, 0.4) is 0 Å². The zero-order chi connectivity index (χ0) is 26.8. The first-order chi connectivity index (χ1) is 17.5. The highest BCUT2D eigenvalue weighted by Gasteiger charge is 2.27. The van der Waals surface area contributed by atoms with Crippen molar-refractivity contribution >= 4 is 48.9 Å². The number of aryl methyl sites for hydroxylation is 2. The van der Waals surface area contributed by atoms with Crippen molar-refractivity contribution in [2.24, 2.45) is 0 Å². The lowest BCUT2D eigenvalue weighted by molar-refractivity contribution is 0.102. The van der Waals surface area contributed by atoms with Gasteiger partial charge in [0.05, 0.1) is 26.1 Å². The molecule has 2 N–H and O–H groups in total. The van der Waals surface area contributed by atoms with E-state index in [0.29, 0.717) is 24.5 Å². The van der Waals surface area contributed by atoms with Gasteiger partial charge in [0.25, 0.3) is 15.9 Å². The van der Waals surface area contributed by atoms with Gasteiger partial charge < -0.3 is 5.32 Å². The molecule has 0 aromatic heterocycles. The second-order valence-corrected chi connectivity index (χ2v) is 13.0. The van der Waals surface area contributed by atoms with Crippen LogP contribution in [0.25, 0.3) is 0 Å². The lowest BCUT2D eigenvalue weighted by Gasteiger charge is -2.26. The topological polar surface area (TPSA) is 113 Å². The summed E-state index contributed by atoms with van der Waals surface area (Å²) in [5.41, 5.74) is 2.54. The number of halogens is 1. The number of carbonyl (C=O) groups is 1. The maximum atomic E-state index is 13.0. The molecule has 8 nitrogen and oxygen atoms in total. The molecule has 196 valence electrons.